The lowest BCUT2D eigenvalue weighted by Crippen LogP contribution is -2.50. The number of para-hydroxylation sites is 2. The van der Waals surface area contributed by atoms with Gasteiger partial charge in [0.05, 0.1) is 18.0 Å². The second-order valence-corrected chi connectivity index (χ2v) is 8.24. The van der Waals surface area contributed by atoms with Gasteiger partial charge in [-0.1, -0.05) is 12.1 Å². The summed E-state index contributed by atoms with van der Waals surface area (Å²) in [4.78, 5) is 30.9. The zero-order valence-electron chi connectivity index (χ0n) is 18.2. The van der Waals surface area contributed by atoms with Crippen LogP contribution >= 0.6 is 0 Å². The van der Waals surface area contributed by atoms with Crippen LogP contribution in [0.15, 0.2) is 24.3 Å². The highest BCUT2D eigenvalue weighted by atomic mass is 19.1. The monoisotopic (exact) mass is 420 g/mol. The minimum absolute atomic E-state index is 0.0436. The Morgan fingerprint density at radius 2 is 1.73 bits per heavy atom. The molecule has 0 spiro atoms. The van der Waals surface area contributed by atoms with Crippen LogP contribution in [0.3, 0.4) is 0 Å². The van der Waals surface area contributed by atoms with Crippen LogP contribution < -0.4 is 10.2 Å². The van der Waals surface area contributed by atoms with Crippen LogP contribution in [-0.2, 0) is 9.53 Å². The lowest BCUT2D eigenvalue weighted by molar-refractivity contribution is -0.160. The van der Waals surface area contributed by atoms with E-state index in [1.807, 2.05) is 24.3 Å². The molecule has 0 saturated carbocycles. The van der Waals surface area contributed by atoms with Crippen molar-refractivity contribution in [2.75, 3.05) is 56.1 Å². The van der Waals surface area contributed by atoms with Crippen LogP contribution in [0.2, 0.25) is 0 Å². The first kappa shape index (κ1) is 22.3. The van der Waals surface area contributed by atoms with Crippen molar-refractivity contribution in [3.63, 3.8) is 0 Å². The van der Waals surface area contributed by atoms with Crippen molar-refractivity contribution in [2.24, 2.45) is 0 Å². The van der Waals surface area contributed by atoms with E-state index in [4.69, 9.17) is 4.74 Å². The molecule has 2 saturated heterocycles. The number of anilines is 2. The second-order valence-electron chi connectivity index (χ2n) is 8.24. The van der Waals surface area contributed by atoms with Crippen molar-refractivity contribution in [3.8, 4) is 0 Å². The summed E-state index contributed by atoms with van der Waals surface area (Å²) in [6.07, 6.45) is -0.0872. The average molecular weight is 421 g/mol. The molecule has 2 aliphatic rings. The molecule has 0 aliphatic carbocycles. The molecule has 1 aromatic rings. The van der Waals surface area contributed by atoms with Crippen molar-refractivity contribution in [2.45, 2.75) is 45.3 Å². The van der Waals surface area contributed by atoms with Crippen molar-refractivity contribution < 1.29 is 18.7 Å². The van der Waals surface area contributed by atoms with Gasteiger partial charge in [0.2, 0.25) is 5.67 Å². The Labute approximate surface area is 178 Å². The number of benzene rings is 1. The zero-order chi connectivity index (χ0) is 21.7. The Hall–Kier alpha value is -2.35. The number of urea groups is 1. The molecular formula is C22H33FN4O3. The quantitative estimate of drug-likeness (QED) is 0.742. The van der Waals surface area contributed by atoms with E-state index < -0.39 is 11.6 Å². The Balaban J connectivity index is 1.60. The Kier molecular flexibility index (Phi) is 7.18. The predicted octanol–water partition coefficient (Wildman–Crippen LogP) is 3.12. The van der Waals surface area contributed by atoms with Crippen molar-refractivity contribution in [1.82, 2.24) is 9.80 Å². The van der Waals surface area contributed by atoms with Gasteiger partial charge in [-0.25, -0.2) is 14.0 Å². The number of nitrogens with zero attached hydrogens (tertiary/aromatic N) is 3. The minimum atomic E-state index is -2.00. The molecule has 7 nitrogen and oxygen atoms in total. The molecule has 2 aliphatic heterocycles. The lowest BCUT2D eigenvalue weighted by Gasteiger charge is -2.39. The summed E-state index contributed by atoms with van der Waals surface area (Å²) < 4.78 is 19.6. The highest BCUT2D eigenvalue weighted by Gasteiger charge is 2.44. The summed E-state index contributed by atoms with van der Waals surface area (Å²) in [5, 5.41) is 2.99. The van der Waals surface area contributed by atoms with Crippen LogP contribution in [0.1, 0.15) is 33.6 Å². The molecule has 166 valence electrons. The number of ether oxygens (including phenoxy) is 1. The van der Waals surface area contributed by atoms with Gasteiger partial charge in [0.1, 0.15) is 0 Å². The molecule has 30 heavy (non-hydrogen) atoms. The standard InChI is InChI=1S/C22H33FN4O3/c1-4-30-20(28)22(23)9-11-27(12-10-22)21(29)24-18-7-5-6-8-19(18)26-15-13-25(14-16-26)17(2)3/h5-8,17H,4,9-16H2,1-3H3,(H,24,29). The number of alkyl halides is 1. The molecule has 3 rings (SSSR count). The first-order chi connectivity index (χ1) is 14.3. The third-order valence-corrected chi connectivity index (χ3v) is 6.02. The molecule has 2 amide bonds. The molecule has 1 N–H and O–H groups in total. The van der Waals surface area contributed by atoms with Crippen LogP contribution in [0.25, 0.3) is 0 Å². The first-order valence-electron chi connectivity index (χ1n) is 10.8. The lowest BCUT2D eigenvalue weighted by atomic mass is 9.93. The number of carbonyl (C=O) groups excluding carboxylic acids is 2. The van der Waals surface area contributed by atoms with E-state index in [0.717, 1.165) is 37.6 Å². The maximum absolute atomic E-state index is 14.8. The third-order valence-electron chi connectivity index (χ3n) is 6.02. The van der Waals surface area contributed by atoms with E-state index in [0.29, 0.717) is 6.04 Å². The third kappa shape index (κ3) is 5.03. The Morgan fingerprint density at radius 3 is 2.33 bits per heavy atom. The van der Waals surface area contributed by atoms with Gasteiger partial charge < -0.3 is 19.9 Å². The molecule has 1 aromatic carbocycles. The van der Waals surface area contributed by atoms with Crippen molar-refractivity contribution >= 4 is 23.4 Å². The number of hydrogen-bond acceptors (Lipinski definition) is 5. The summed E-state index contributed by atoms with van der Waals surface area (Å²) in [5.74, 6) is -0.823. The topological polar surface area (TPSA) is 65.1 Å². The van der Waals surface area contributed by atoms with Crippen LogP contribution in [-0.4, -0.2) is 79.4 Å². The van der Waals surface area contributed by atoms with E-state index in [9.17, 15) is 14.0 Å². The molecule has 0 unspecified atom stereocenters. The summed E-state index contributed by atoms with van der Waals surface area (Å²) in [6.45, 7) is 10.3. The second kappa shape index (κ2) is 9.64. The molecule has 2 fully saturated rings. The van der Waals surface area contributed by atoms with Gasteiger partial charge in [-0.05, 0) is 32.9 Å². The van der Waals surface area contributed by atoms with Gasteiger partial charge in [0.25, 0.3) is 0 Å². The fourth-order valence-corrected chi connectivity index (χ4v) is 4.06. The summed E-state index contributed by atoms with van der Waals surface area (Å²) in [7, 11) is 0. The van der Waals surface area contributed by atoms with Gasteiger partial charge in [-0.2, -0.15) is 0 Å². The maximum atomic E-state index is 14.8. The highest BCUT2D eigenvalue weighted by Crippen LogP contribution is 2.30. The summed E-state index contributed by atoms with van der Waals surface area (Å²) >= 11 is 0. The van der Waals surface area contributed by atoms with Crippen LogP contribution in [0, 0.1) is 0 Å². The van der Waals surface area contributed by atoms with Gasteiger partial charge in [0, 0.05) is 58.2 Å². The fourth-order valence-electron chi connectivity index (χ4n) is 4.06. The van der Waals surface area contributed by atoms with E-state index in [1.54, 1.807) is 11.8 Å². The molecule has 8 heteroatoms. The number of piperazine rings is 1. The SMILES string of the molecule is CCOC(=O)C1(F)CCN(C(=O)Nc2ccccc2N2CCN(C(C)C)CC2)CC1. The number of piperidine rings is 1. The van der Waals surface area contributed by atoms with E-state index >= 15 is 0 Å². The Bertz CT molecular complexity index is 742. The molecule has 0 bridgehead atoms. The maximum Gasteiger partial charge on any atom is 0.344 e. The summed E-state index contributed by atoms with van der Waals surface area (Å²) in [6, 6.07) is 8.03. The fraction of sp³-hybridized carbons (Fsp3) is 0.636. The number of rotatable bonds is 5. The van der Waals surface area contributed by atoms with Gasteiger partial charge in [-0.3, -0.25) is 4.90 Å². The first-order valence-corrected chi connectivity index (χ1v) is 10.8. The smallest absolute Gasteiger partial charge is 0.344 e. The molecular weight excluding hydrogens is 387 g/mol. The number of likely N-dealkylation sites (tertiary alicyclic amines) is 1. The van der Waals surface area contributed by atoms with E-state index in [1.165, 1.54) is 0 Å². The molecule has 2 heterocycles. The molecule has 0 radical (unpaired) electrons. The highest BCUT2D eigenvalue weighted by molar-refractivity contribution is 5.93. The van der Waals surface area contributed by atoms with Gasteiger partial charge in [-0.15, -0.1) is 0 Å². The minimum Gasteiger partial charge on any atom is -0.464 e. The van der Waals surface area contributed by atoms with Crippen LogP contribution in [0.4, 0.5) is 20.6 Å². The number of esters is 1. The number of halogens is 1. The number of amides is 2. The van der Waals surface area contributed by atoms with Crippen molar-refractivity contribution in [3.05, 3.63) is 24.3 Å². The van der Waals surface area contributed by atoms with Gasteiger partial charge in [0.15, 0.2) is 0 Å². The number of carbonyl (C=O) groups is 2. The zero-order valence-corrected chi connectivity index (χ0v) is 18.2. The normalized spacial score (nSPS) is 19.6. The number of hydrogen-bond donors (Lipinski definition) is 1. The predicted molar refractivity (Wildman–Crippen MR) is 116 cm³/mol. The largest absolute Gasteiger partial charge is 0.464 e. The summed E-state index contributed by atoms with van der Waals surface area (Å²) in [5.41, 5.74) is -0.249. The van der Waals surface area contributed by atoms with Gasteiger partial charge >= 0.3 is 12.0 Å². The number of nitrogens with one attached hydrogen (secondary N) is 1. The van der Waals surface area contributed by atoms with Crippen molar-refractivity contribution in [1.29, 1.82) is 0 Å². The molecule has 0 atom stereocenters. The van der Waals surface area contributed by atoms with E-state index in [2.05, 4.69) is 29.0 Å². The van der Waals surface area contributed by atoms with E-state index in [-0.39, 0.29) is 38.6 Å². The average Bonchev–Trinajstić information content (AvgIpc) is 2.75. The Morgan fingerprint density at radius 1 is 1.10 bits per heavy atom. The van der Waals surface area contributed by atoms with Crippen LogP contribution in [0.5, 0.6) is 0 Å². The molecule has 0 aromatic heterocycles.